The van der Waals surface area contributed by atoms with Crippen LogP contribution in [0.5, 0.6) is 0 Å². The van der Waals surface area contributed by atoms with E-state index in [2.05, 4.69) is 5.10 Å². The number of hydrogen-bond donors (Lipinski definition) is 0. The standard InChI is InChI=1S/C10H10N2O/c1-2-5-10(6-3-1)9-13-12-8-4-7-11-12/h1-8H,9H2/i4D. The zero-order valence-electron chi connectivity index (χ0n) is 8.05. The van der Waals surface area contributed by atoms with Gasteiger partial charge in [-0.1, -0.05) is 30.3 Å². The van der Waals surface area contributed by atoms with E-state index in [4.69, 9.17) is 6.21 Å². The average Bonchev–Trinajstić information content (AvgIpc) is 2.63. The Kier molecular flexibility index (Phi) is 1.94. The first-order valence-electron chi connectivity index (χ1n) is 4.53. The SMILES string of the molecule is [2H]c1cnn(OCc2ccccc2)c1. The molecule has 0 bridgehead atoms. The Morgan fingerprint density at radius 1 is 1.38 bits per heavy atom. The summed E-state index contributed by atoms with van der Waals surface area (Å²) in [6.45, 7) is 0.460. The number of hydrogen-bond acceptors (Lipinski definition) is 2. The van der Waals surface area contributed by atoms with Gasteiger partial charge in [-0.2, -0.15) is 0 Å². The molecule has 0 fully saturated rings. The van der Waals surface area contributed by atoms with Crippen molar-refractivity contribution in [3.05, 3.63) is 54.3 Å². The van der Waals surface area contributed by atoms with Gasteiger partial charge in [-0.25, -0.2) is 0 Å². The minimum absolute atomic E-state index is 0.345. The number of rotatable bonds is 3. The summed E-state index contributed by atoms with van der Waals surface area (Å²) in [6, 6.07) is 10.2. The molecule has 0 saturated carbocycles. The lowest BCUT2D eigenvalue weighted by molar-refractivity contribution is 0.0700. The molecule has 1 aromatic heterocycles. The highest BCUT2D eigenvalue weighted by Gasteiger charge is 1.92. The van der Waals surface area contributed by atoms with Crippen LogP contribution in [0.15, 0.2) is 48.8 Å². The van der Waals surface area contributed by atoms with Crippen LogP contribution in [0.1, 0.15) is 6.93 Å². The van der Waals surface area contributed by atoms with E-state index in [-0.39, 0.29) is 0 Å². The molecule has 1 heterocycles. The molecular formula is C10H10N2O. The van der Waals surface area contributed by atoms with Gasteiger partial charge >= 0.3 is 0 Å². The second kappa shape index (κ2) is 3.76. The predicted octanol–water partition coefficient (Wildman–Crippen LogP) is 1.51. The summed E-state index contributed by atoms with van der Waals surface area (Å²) < 4.78 is 7.24. The van der Waals surface area contributed by atoms with Crippen LogP contribution < -0.4 is 4.84 Å². The van der Waals surface area contributed by atoms with Crippen LogP contribution in [0.25, 0.3) is 0 Å². The monoisotopic (exact) mass is 175 g/mol. The molecule has 1 aromatic carbocycles. The van der Waals surface area contributed by atoms with E-state index in [1.165, 1.54) is 17.2 Å². The van der Waals surface area contributed by atoms with Crippen LogP contribution >= 0.6 is 0 Å². The smallest absolute Gasteiger partial charge is 0.142 e. The minimum Gasteiger partial charge on any atom is -0.392 e. The summed E-state index contributed by atoms with van der Waals surface area (Å²) in [6.07, 6.45) is 2.95. The largest absolute Gasteiger partial charge is 0.392 e. The third kappa shape index (κ3) is 2.08. The van der Waals surface area contributed by atoms with Crippen LogP contribution in [0.3, 0.4) is 0 Å². The second-order valence-electron chi connectivity index (χ2n) is 2.60. The van der Waals surface area contributed by atoms with Crippen molar-refractivity contribution in [1.82, 2.24) is 9.94 Å². The highest BCUT2D eigenvalue weighted by Crippen LogP contribution is 1.98. The van der Waals surface area contributed by atoms with Gasteiger partial charge in [-0.3, -0.25) is 0 Å². The Morgan fingerprint density at radius 2 is 2.23 bits per heavy atom. The molecule has 3 heteroatoms. The second-order valence-corrected chi connectivity index (χ2v) is 2.60. The van der Waals surface area contributed by atoms with Gasteiger partial charge in [-0.05, 0) is 11.6 Å². The van der Waals surface area contributed by atoms with E-state index >= 15 is 0 Å². The van der Waals surface area contributed by atoms with Crippen molar-refractivity contribution in [3.8, 4) is 0 Å². The number of aromatic nitrogens is 2. The average molecular weight is 175 g/mol. The lowest BCUT2D eigenvalue weighted by Crippen LogP contribution is -2.11. The van der Waals surface area contributed by atoms with Gasteiger partial charge in [0.1, 0.15) is 6.61 Å². The fraction of sp³-hybridized carbons (Fsp3) is 0.100. The Morgan fingerprint density at radius 3 is 2.92 bits per heavy atom. The van der Waals surface area contributed by atoms with Crippen LogP contribution in [0, 0.1) is 0 Å². The molecule has 0 aliphatic carbocycles. The first kappa shape index (κ1) is 6.71. The van der Waals surface area contributed by atoms with Gasteiger partial charge in [0.25, 0.3) is 0 Å². The summed E-state index contributed by atoms with van der Waals surface area (Å²) in [5.74, 6) is 0. The normalized spacial score (nSPS) is 10.9. The predicted molar refractivity (Wildman–Crippen MR) is 49.0 cm³/mol. The summed E-state index contributed by atoms with van der Waals surface area (Å²) in [5, 5.41) is 3.84. The maximum absolute atomic E-state index is 7.24. The molecule has 2 rings (SSSR count). The quantitative estimate of drug-likeness (QED) is 0.707. The fourth-order valence-corrected chi connectivity index (χ4v) is 1.01. The molecule has 0 aliphatic rings. The van der Waals surface area contributed by atoms with Crippen molar-refractivity contribution in [1.29, 1.82) is 0 Å². The maximum atomic E-state index is 7.24. The number of benzene rings is 1. The van der Waals surface area contributed by atoms with Crippen LogP contribution in [0.2, 0.25) is 0 Å². The molecule has 0 radical (unpaired) electrons. The van der Waals surface area contributed by atoms with E-state index in [1.807, 2.05) is 30.3 Å². The van der Waals surface area contributed by atoms with Crippen molar-refractivity contribution in [3.63, 3.8) is 0 Å². The third-order valence-corrected chi connectivity index (χ3v) is 1.64. The summed E-state index contributed by atoms with van der Waals surface area (Å²) in [4.78, 5) is 6.60. The van der Waals surface area contributed by atoms with Gasteiger partial charge < -0.3 is 4.84 Å². The molecule has 0 aliphatic heterocycles. The zero-order chi connectivity index (χ0) is 9.80. The molecule has 3 nitrogen and oxygen atoms in total. The minimum atomic E-state index is 0.345. The Bertz CT molecular complexity index is 400. The number of nitrogens with zero attached hydrogens (tertiary/aromatic N) is 2. The molecule has 0 amide bonds. The van der Waals surface area contributed by atoms with Gasteiger partial charge in [0.15, 0.2) is 0 Å². The summed E-state index contributed by atoms with van der Waals surface area (Å²) >= 11 is 0. The molecule has 2 aromatic rings. The first-order chi connectivity index (χ1) is 6.84. The van der Waals surface area contributed by atoms with Crippen LogP contribution in [0.4, 0.5) is 0 Å². The Labute approximate surface area is 77.9 Å². The van der Waals surface area contributed by atoms with Crippen molar-refractivity contribution in [2.24, 2.45) is 0 Å². The molecule has 0 N–H and O–H groups in total. The van der Waals surface area contributed by atoms with Gasteiger partial charge in [-0.15, -0.1) is 9.94 Å². The molecule has 0 atom stereocenters. The molecule has 0 unspecified atom stereocenters. The Balaban J connectivity index is 1.95. The van der Waals surface area contributed by atoms with Crippen LogP contribution in [-0.2, 0) is 6.61 Å². The van der Waals surface area contributed by atoms with E-state index in [0.29, 0.717) is 12.6 Å². The zero-order valence-corrected chi connectivity index (χ0v) is 7.05. The van der Waals surface area contributed by atoms with Crippen molar-refractivity contribution >= 4 is 0 Å². The lowest BCUT2D eigenvalue weighted by atomic mass is 10.2. The summed E-state index contributed by atoms with van der Waals surface area (Å²) in [7, 11) is 0. The van der Waals surface area contributed by atoms with Crippen LogP contribution in [-0.4, -0.2) is 9.94 Å². The van der Waals surface area contributed by atoms with E-state index in [9.17, 15) is 0 Å². The first-order valence-corrected chi connectivity index (χ1v) is 4.03. The van der Waals surface area contributed by atoms with Gasteiger partial charge in [0.2, 0.25) is 0 Å². The topological polar surface area (TPSA) is 27.1 Å². The van der Waals surface area contributed by atoms with Crippen molar-refractivity contribution in [2.75, 3.05) is 0 Å². The molecule has 0 saturated heterocycles. The fourth-order valence-electron chi connectivity index (χ4n) is 1.01. The summed E-state index contributed by atoms with van der Waals surface area (Å²) in [5.41, 5.74) is 1.08. The van der Waals surface area contributed by atoms with E-state index in [0.717, 1.165) is 5.56 Å². The highest BCUT2D eigenvalue weighted by atomic mass is 16.7. The van der Waals surface area contributed by atoms with Gasteiger partial charge in [0.05, 0.1) is 13.8 Å². The van der Waals surface area contributed by atoms with Crippen molar-refractivity contribution < 1.29 is 6.21 Å². The lowest BCUT2D eigenvalue weighted by Gasteiger charge is -2.03. The van der Waals surface area contributed by atoms with Crippen molar-refractivity contribution in [2.45, 2.75) is 6.61 Å². The molecule has 13 heavy (non-hydrogen) atoms. The highest BCUT2D eigenvalue weighted by molar-refractivity contribution is 5.13. The molecule has 66 valence electrons. The maximum Gasteiger partial charge on any atom is 0.142 e. The van der Waals surface area contributed by atoms with E-state index < -0.39 is 0 Å². The third-order valence-electron chi connectivity index (χ3n) is 1.64. The molecule has 0 spiro atoms. The van der Waals surface area contributed by atoms with Gasteiger partial charge in [0, 0.05) is 0 Å². The molecular weight excluding hydrogens is 164 g/mol. The van der Waals surface area contributed by atoms with E-state index in [1.54, 1.807) is 0 Å². The Hall–Kier alpha value is -1.77.